The first-order valence-corrected chi connectivity index (χ1v) is 10.5. The lowest BCUT2D eigenvalue weighted by atomic mass is 10.1. The van der Waals surface area contributed by atoms with Crippen LogP contribution in [0.3, 0.4) is 0 Å². The van der Waals surface area contributed by atoms with Crippen LogP contribution in [0.25, 0.3) is 0 Å². The first-order chi connectivity index (χ1) is 12.7. The Balaban J connectivity index is 1.55. The van der Waals surface area contributed by atoms with Gasteiger partial charge in [-0.25, -0.2) is 13.1 Å². The van der Waals surface area contributed by atoms with E-state index in [4.69, 9.17) is 0 Å². The van der Waals surface area contributed by atoms with Gasteiger partial charge in [0.15, 0.2) is 0 Å². The van der Waals surface area contributed by atoms with Crippen LogP contribution in [0.15, 0.2) is 23.1 Å². The number of hydrogen-bond acceptors (Lipinski definition) is 6. The number of aryl methyl sites for hydroxylation is 1. The predicted octanol–water partition coefficient (Wildman–Crippen LogP) is 0.925. The number of carbonyl (C=O) groups is 1. The molecular formula is C17H24N4O5S. The van der Waals surface area contributed by atoms with E-state index in [9.17, 15) is 23.3 Å². The highest BCUT2D eigenvalue weighted by Gasteiger charge is 2.28. The molecule has 1 aromatic rings. The third-order valence-electron chi connectivity index (χ3n) is 4.91. The maximum Gasteiger partial charge on any atom is 0.273 e. The fourth-order valence-electron chi connectivity index (χ4n) is 3.15. The third kappa shape index (κ3) is 5.24. The molecule has 2 N–H and O–H groups in total. The van der Waals surface area contributed by atoms with Gasteiger partial charge in [-0.2, -0.15) is 0 Å². The number of benzene rings is 1. The Hall–Kier alpha value is -2.04. The minimum atomic E-state index is -3.83. The molecule has 0 aromatic heterocycles. The molecule has 0 radical (unpaired) electrons. The lowest BCUT2D eigenvalue weighted by Gasteiger charge is -2.31. The highest BCUT2D eigenvalue weighted by atomic mass is 32.2. The van der Waals surface area contributed by atoms with Crippen LogP contribution in [0, 0.1) is 17.0 Å². The van der Waals surface area contributed by atoms with Gasteiger partial charge in [-0.3, -0.25) is 19.8 Å². The highest BCUT2D eigenvalue weighted by molar-refractivity contribution is 7.89. The Morgan fingerprint density at radius 2 is 1.89 bits per heavy atom. The van der Waals surface area contributed by atoms with E-state index in [0.29, 0.717) is 44.1 Å². The summed E-state index contributed by atoms with van der Waals surface area (Å²) < 4.78 is 27.8. The first kappa shape index (κ1) is 19.7. The van der Waals surface area contributed by atoms with E-state index in [1.54, 1.807) is 6.92 Å². The van der Waals surface area contributed by atoms with Crippen molar-refractivity contribution in [2.75, 3.05) is 19.6 Å². The summed E-state index contributed by atoms with van der Waals surface area (Å²) in [6, 6.07) is 3.99. The van der Waals surface area contributed by atoms with Gasteiger partial charge < -0.3 is 5.32 Å². The van der Waals surface area contributed by atoms with E-state index in [0.717, 1.165) is 18.9 Å². The van der Waals surface area contributed by atoms with E-state index >= 15 is 0 Å². The molecule has 1 saturated heterocycles. The van der Waals surface area contributed by atoms with Crippen LogP contribution in [0.4, 0.5) is 5.69 Å². The van der Waals surface area contributed by atoms with E-state index < -0.39 is 14.9 Å². The number of rotatable bonds is 7. The zero-order valence-electron chi connectivity index (χ0n) is 15.2. The van der Waals surface area contributed by atoms with E-state index in [1.807, 2.05) is 4.90 Å². The van der Waals surface area contributed by atoms with Crippen LogP contribution in [-0.4, -0.2) is 55.9 Å². The van der Waals surface area contributed by atoms with Crippen LogP contribution < -0.4 is 10.0 Å². The fourth-order valence-corrected chi connectivity index (χ4v) is 4.48. The van der Waals surface area contributed by atoms with Gasteiger partial charge in [0.25, 0.3) is 5.69 Å². The summed E-state index contributed by atoms with van der Waals surface area (Å²) >= 11 is 0. The zero-order chi connectivity index (χ0) is 19.6. The number of sulfonamides is 1. The van der Waals surface area contributed by atoms with Crippen molar-refractivity contribution in [3.8, 4) is 0 Å². The van der Waals surface area contributed by atoms with Crippen LogP contribution >= 0.6 is 0 Å². The molecule has 1 aliphatic heterocycles. The lowest BCUT2D eigenvalue weighted by molar-refractivity contribution is -0.385. The van der Waals surface area contributed by atoms with Crippen molar-refractivity contribution < 1.29 is 18.1 Å². The minimum Gasteiger partial charge on any atom is -0.352 e. The number of nitrogens with one attached hydrogen (secondary N) is 2. The molecule has 0 unspecified atom stereocenters. The Labute approximate surface area is 158 Å². The second-order valence-electron chi connectivity index (χ2n) is 7.22. The Bertz CT molecular complexity index is 830. The van der Waals surface area contributed by atoms with Crippen LogP contribution in [0.1, 0.15) is 31.2 Å². The normalized spacial score (nSPS) is 19.0. The van der Waals surface area contributed by atoms with E-state index in [2.05, 4.69) is 10.0 Å². The Morgan fingerprint density at radius 3 is 2.48 bits per heavy atom. The fraction of sp³-hybridized carbons (Fsp3) is 0.588. The zero-order valence-corrected chi connectivity index (χ0v) is 16.0. The van der Waals surface area contributed by atoms with Gasteiger partial charge in [-0.05, 0) is 38.7 Å². The Morgan fingerprint density at radius 1 is 1.22 bits per heavy atom. The van der Waals surface area contributed by atoms with Crippen molar-refractivity contribution in [1.82, 2.24) is 14.9 Å². The molecular weight excluding hydrogens is 372 g/mol. The second kappa shape index (κ2) is 7.91. The number of piperidine rings is 1. The van der Waals surface area contributed by atoms with Crippen molar-refractivity contribution in [3.63, 3.8) is 0 Å². The molecule has 0 bridgehead atoms. The number of carbonyl (C=O) groups excluding carboxylic acids is 1. The summed E-state index contributed by atoms with van der Waals surface area (Å²) in [6.07, 6.45) is 3.27. The number of likely N-dealkylation sites (tertiary alicyclic amines) is 1. The molecule has 10 heteroatoms. The van der Waals surface area contributed by atoms with Gasteiger partial charge in [0, 0.05) is 36.8 Å². The standard InChI is InChI=1S/C17H24N4O5S/c1-12-2-5-15(10-16(12)21(23)24)27(25,26)19-14-6-8-20(9-7-14)11-17(22)18-13-3-4-13/h2,5,10,13-14,19H,3-4,6-9,11H2,1H3,(H,18,22). The van der Waals surface area contributed by atoms with Crippen molar-refractivity contribution in [3.05, 3.63) is 33.9 Å². The van der Waals surface area contributed by atoms with Gasteiger partial charge in [-0.1, -0.05) is 6.07 Å². The molecule has 1 saturated carbocycles. The number of amides is 1. The molecule has 1 heterocycles. The topological polar surface area (TPSA) is 122 Å². The van der Waals surface area contributed by atoms with Gasteiger partial charge in [0.1, 0.15) is 0 Å². The molecule has 27 heavy (non-hydrogen) atoms. The quantitative estimate of drug-likeness (QED) is 0.522. The molecule has 1 aromatic carbocycles. The van der Waals surface area contributed by atoms with Gasteiger partial charge in [-0.15, -0.1) is 0 Å². The first-order valence-electron chi connectivity index (χ1n) is 9.04. The van der Waals surface area contributed by atoms with Crippen molar-refractivity contribution in [1.29, 1.82) is 0 Å². The van der Waals surface area contributed by atoms with Crippen LogP contribution in [0.5, 0.6) is 0 Å². The predicted molar refractivity (Wildman–Crippen MR) is 98.8 cm³/mol. The molecule has 148 valence electrons. The summed E-state index contributed by atoms with van der Waals surface area (Å²) in [5.41, 5.74) is 0.200. The van der Waals surface area contributed by atoms with Gasteiger partial charge in [0.05, 0.1) is 16.4 Å². The smallest absolute Gasteiger partial charge is 0.273 e. The maximum absolute atomic E-state index is 12.6. The average molecular weight is 396 g/mol. The third-order valence-corrected chi connectivity index (χ3v) is 6.42. The van der Waals surface area contributed by atoms with E-state index in [-0.39, 0.29) is 22.5 Å². The molecule has 2 aliphatic rings. The second-order valence-corrected chi connectivity index (χ2v) is 8.93. The van der Waals surface area contributed by atoms with E-state index in [1.165, 1.54) is 12.1 Å². The summed E-state index contributed by atoms with van der Waals surface area (Å²) in [4.78, 5) is 24.2. The van der Waals surface area contributed by atoms with Crippen molar-refractivity contribution >= 4 is 21.6 Å². The molecule has 1 amide bonds. The monoisotopic (exact) mass is 396 g/mol. The van der Waals surface area contributed by atoms with Gasteiger partial charge >= 0.3 is 0 Å². The summed E-state index contributed by atoms with van der Waals surface area (Å²) in [7, 11) is -3.83. The van der Waals surface area contributed by atoms with Crippen molar-refractivity contribution in [2.24, 2.45) is 0 Å². The van der Waals surface area contributed by atoms with Crippen molar-refractivity contribution in [2.45, 2.75) is 49.6 Å². The molecule has 0 atom stereocenters. The summed E-state index contributed by atoms with van der Waals surface area (Å²) in [6.45, 7) is 3.15. The molecule has 9 nitrogen and oxygen atoms in total. The molecule has 3 rings (SSSR count). The molecule has 1 aliphatic carbocycles. The lowest BCUT2D eigenvalue weighted by Crippen LogP contribution is -2.47. The van der Waals surface area contributed by atoms with Crippen LogP contribution in [0.2, 0.25) is 0 Å². The number of hydrogen-bond donors (Lipinski definition) is 2. The Kier molecular flexibility index (Phi) is 5.78. The average Bonchev–Trinajstić information content (AvgIpc) is 3.40. The number of nitro groups is 1. The SMILES string of the molecule is Cc1ccc(S(=O)(=O)NC2CCN(CC(=O)NC3CC3)CC2)cc1[N+](=O)[O-]. The van der Waals surface area contributed by atoms with Gasteiger partial charge in [0.2, 0.25) is 15.9 Å². The minimum absolute atomic E-state index is 0.0171. The summed E-state index contributed by atoms with van der Waals surface area (Å²) in [5.74, 6) is 0.0171. The number of nitro benzene ring substituents is 1. The highest BCUT2D eigenvalue weighted by Crippen LogP contribution is 2.23. The maximum atomic E-state index is 12.6. The molecule has 2 fully saturated rings. The largest absolute Gasteiger partial charge is 0.352 e. The number of nitrogens with zero attached hydrogens (tertiary/aromatic N) is 2. The summed E-state index contributed by atoms with van der Waals surface area (Å²) in [5, 5.41) is 14.0. The van der Waals surface area contributed by atoms with Crippen LogP contribution in [-0.2, 0) is 14.8 Å². The molecule has 0 spiro atoms.